The van der Waals surface area contributed by atoms with E-state index in [0.717, 1.165) is 18.5 Å². The molecule has 1 rings (SSSR count). The van der Waals surface area contributed by atoms with Crippen LogP contribution in [0.1, 0.15) is 20.8 Å². The highest BCUT2D eigenvalue weighted by Crippen LogP contribution is 2.25. The van der Waals surface area contributed by atoms with Crippen molar-refractivity contribution in [3.8, 4) is 0 Å². The average Bonchev–Trinajstić information content (AvgIpc) is 2.22. The summed E-state index contributed by atoms with van der Waals surface area (Å²) in [4.78, 5) is 0. The lowest BCUT2D eigenvalue weighted by Gasteiger charge is -2.36. The van der Waals surface area contributed by atoms with Crippen molar-refractivity contribution in [1.82, 2.24) is 0 Å². The molecule has 0 aromatic rings. The van der Waals surface area contributed by atoms with E-state index in [-0.39, 0.29) is 12.4 Å². The van der Waals surface area contributed by atoms with Gasteiger partial charge in [-0.15, -0.1) is 0 Å². The van der Waals surface area contributed by atoms with Crippen molar-refractivity contribution in [2.75, 3.05) is 13.2 Å². The van der Waals surface area contributed by atoms with E-state index >= 15 is 0 Å². The lowest BCUT2D eigenvalue weighted by atomic mass is 9.93. The normalized spacial score (nSPS) is 36.2. The number of rotatable bonds is 5. The van der Waals surface area contributed by atoms with Gasteiger partial charge < -0.3 is 13.7 Å². The minimum atomic E-state index is -0.121. The smallest absolute Gasteiger partial charge is 0.209 e. The van der Waals surface area contributed by atoms with E-state index in [4.69, 9.17) is 15.0 Å². The van der Waals surface area contributed by atoms with Gasteiger partial charge >= 0.3 is 0 Å². The van der Waals surface area contributed by atoms with Crippen LogP contribution in [0.3, 0.4) is 0 Å². The first-order valence-corrected chi connectivity index (χ1v) is 5.71. The molecule has 0 aromatic carbocycles. The summed E-state index contributed by atoms with van der Waals surface area (Å²) in [7, 11) is 1.18. The third-order valence-corrected chi connectivity index (χ3v) is 2.74. The Morgan fingerprint density at radius 3 is 3.21 bits per heavy atom. The van der Waals surface area contributed by atoms with Crippen molar-refractivity contribution in [1.29, 1.82) is 1.34 Å². The molecular weight excluding hydrogens is 199 g/mol. The Kier molecular flexibility index (Phi) is 4.63. The molecular formula is C9H18BO3S. The minimum absolute atomic E-state index is 0.121. The van der Waals surface area contributed by atoms with Gasteiger partial charge in [-0.25, -0.2) is 0 Å². The molecule has 81 valence electrons. The van der Waals surface area contributed by atoms with Crippen LogP contribution in [0.5, 0.6) is 0 Å². The van der Waals surface area contributed by atoms with Crippen molar-refractivity contribution >= 4 is 19.0 Å². The molecule has 0 amide bonds. The van der Waals surface area contributed by atoms with Crippen LogP contribution in [-0.4, -0.2) is 34.0 Å². The molecule has 1 radical (unpaired) electrons. The van der Waals surface area contributed by atoms with Crippen molar-refractivity contribution in [2.24, 2.45) is 11.8 Å². The second-order valence-electron chi connectivity index (χ2n) is 3.84. The Hall–Kier alpha value is 0.295. The fraction of sp³-hybridized carbons (Fsp3) is 1.00. The van der Waals surface area contributed by atoms with Gasteiger partial charge in [-0.2, -0.15) is 0 Å². The summed E-state index contributed by atoms with van der Waals surface area (Å²) in [6, 6.07) is 0. The fourth-order valence-electron chi connectivity index (χ4n) is 1.71. The summed E-state index contributed by atoms with van der Waals surface area (Å²) in [6.07, 6.45) is 0.0594. The summed E-state index contributed by atoms with van der Waals surface area (Å²) in [5, 5.41) is 0. The van der Waals surface area contributed by atoms with Crippen LogP contribution in [0, 0.1) is 11.8 Å². The first-order chi connectivity index (χ1) is 7.15. The van der Waals surface area contributed by atoms with Crippen LogP contribution in [0.2, 0.25) is 0 Å². The number of hydrogen-bond acceptors (Lipinski definition) is 4. The summed E-state index contributed by atoms with van der Waals surface area (Å²) in [6.45, 7) is 7.48. The maximum absolute atomic E-state index is 6.82. The van der Waals surface area contributed by atoms with Gasteiger partial charge in [-0.1, -0.05) is 25.7 Å². The largest absolute Gasteiger partial charge is 0.353 e. The molecule has 1 aliphatic rings. The third-order valence-electron chi connectivity index (χ3n) is 2.46. The topological polar surface area (TPSA) is 27.7 Å². The molecule has 4 unspecified atom stereocenters. The predicted octanol–water partition coefficient (Wildman–Crippen LogP) is 1.50. The Morgan fingerprint density at radius 2 is 2.50 bits per heavy atom. The SMILES string of the molecule is [3H][B]SOCC(C)C1OC(C)OCC1C. The minimum Gasteiger partial charge on any atom is -0.353 e. The van der Waals surface area contributed by atoms with Gasteiger partial charge in [0.05, 0.1) is 19.3 Å². The zero-order chi connectivity index (χ0) is 11.3. The molecule has 0 saturated carbocycles. The second-order valence-corrected chi connectivity index (χ2v) is 4.27. The molecule has 1 fully saturated rings. The van der Waals surface area contributed by atoms with Crippen LogP contribution in [-0.2, 0) is 13.7 Å². The van der Waals surface area contributed by atoms with Crippen molar-refractivity contribution in [3.63, 3.8) is 0 Å². The zero-order valence-electron chi connectivity index (χ0n) is 9.93. The van der Waals surface area contributed by atoms with Gasteiger partial charge in [0, 0.05) is 11.8 Å². The first kappa shape index (κ1) is 10.8. The second kappa shape index (κ2) is 6.00. The Balaban J connectivity index is 2.32. The van der Waals surface area contributed by atoms with Gasteiger partial charge in [0.25, 0.3) is 0 Å². The van der Waals surface area contributed by atoms with E-state index in [2.05, 4.69) is 13.8 Å². The molecule has 1 heterocycles. The van der Waals surface area contributed by atoms with Gasteiger partial charge in [0.2, 0.25) is 7.09 Å². The van der Waals surface area contributed by atoms with Crippen molar-refractivity contribution in [3.05, 3.63) is 0 Å². The van der Waals surface area contributed by atoms with E-state index in [1.54, 1.807) is 0 Å². The van der Waals surface area contributed by atoms with Crippen LogP contribution in [0.25, 0.3) is 0 Å². The molecule has 0 bridgehead atoms. The highest BCUT2D eigenvalue weighted by molar-refractivity contribution is 8.15. The Bertz CT molecular complexity index is 187. The molecule has 1 aliphatic heterocycles. The summed E-state index contributed by atoms with van der Waals surface area (Å²) in [5.41, 5.74) is 0. The van der Waals surface area contributed by atoms with Crippen molar-refractivity contribution in [2.45, 2.75) is 33.2 Å². The Labute approximate surface area is 92.7 Å². The maximum Gasteiger partial charge on any atom is 0.209 e. The molecule has 0 spiro atoms. The van der Waals surface area contributed by atoms with E-state index in [1.165, 1.54) is 7.09 Å². The standard InChI is InChI=1S/C9H18BO3S/c1-6-4-11-8(3)13-9(6)7(2)5-12-14-10/h6-10H,4-5H2,1-3H3/i10T. The molecule has 0 aromatic heterocycles. The van der Waals surface area contributed by atoms with E-state index in [1.807, 2.05) is 6.92 Å². The molecule has 1 saturated heterocycles. The van der Waals surface area contributed by atoms with Crippen molar-refractivity contribution < 1.29 is 13.7 Å². The molecule has 3 nitrogen and oxygen atoms in total. The van der Waals surface area contributed by atoms with Crippen LogP contribution < -0.4 is 0 Å². The Morgan fingerprint density at radius 1 is 1.71 bits per heavy atom. The van der Waals surface area contributed by atoms with Crippen LogP contribution >= 0.6 is 11.9 Å². The lowest BCUT2D eigenvalue weighted by Crippen LogP contribution is -2.42. The zero-order valence-corrected chi connectivity index (χ0v) is 9.75. The highest BCUT2D eigenvalue weighted by Gasteiger charge is 2.31. The fourth-order valence-corrected chi connectivity index (χ4v) is 2.01. The molecule has 0 N–H and O–H groups in total. The highest BCUT2D eigenvalue weighted by atomic mass is 32.2. The van der Waals surface area contributed by atoms with Gasteiger partial charge in [0.15, 0.2) is 6.29 Å². The summed E-state index contributed by atoms with van der Waals surface area (Å²) < 4.78 is 23.2. The lowest BCUT2D eigenvalue weighted by molar-refractivity contribution is -0.237. The number of hydrogen-bond donors (Lipinski definition) is 0. The maximum atomic E-state index is 6.82. The number of ether oxygens (including phenoxy) is 2. The van der Waals surface area contributed by atoms with E-state index < -0.39 is 0 Å². The predicted molar refractivity (Wildman–Crippen MR) is 59.3 cm³/mol. The first-order valence-electron chi connectivity index (χ1n) is 5.48. The molecule has 0 aliphatic carbocycles. The van der Waals surface area contributed by atoms with E-state index in [0.29, 0.717) is 18.4 Å². The molecule has 4 atom stereocenters. The van der Waals surface area contributed by atoms with Crippen LogP contribution in [0.4, 0.5) is 0 Å². The molecule has 5 heteroatoms. The van der Waals surface area contributed by atoms with Crippen LogP contribution in [0.15, 0.2) is 0 Å². The van der Waals surface area contributed by atoms with Gasteiger partial charge in [0.1, 0.15) is 0 Å². The summed E-state index contributed by atoms with van der Waals surface area (Å²) >= 11 is 1.06. The quantitative estimate of drug-likeness (QED) is 0.398. The van der Waals surface area contributed by atoms with Gasteiger partial charge in [-0.05, 0) is 8.26 Å². The van der Waals surface area contributed by atoms with Gasteiger partial charge in [-0.3, -0.25) is 0 Å². The third kappa shape index (κ3) is 3.46. The average molecular weight is 219 g/mol. The monoisotopic (exact) mass is 219 g/mol. The van der Waals surface area contributed by atoms with E-state index in [9.17, 15) is 0 Å². The molecule has 14 heavy (non-hydrogen) atoms. The summed E-state index contributed by atoms with van der Waals surface area (Å²) in [5.74, 6) is 0.712.